The minimum atomic E-state index is -1.19. The van der Waals surface area contributed by atoms with Crippen molar-refractivity contribution in [3.05, 3.63) is 64.1 Å². The van der Waals surface area contributed by atoms with E-state index in [0.29, 0.717) is 16.9 Å². The number of ether oxygens (including phenoxy) is 2. The van der Waals surface area contributed by atoms with Gasteiger partial charge in [0, 0.05) is 27.4 Å². The van der Waals surface area contributed by atoms with Crippen LogP contribution >= 0.6 is 15.9 Å². The zero-order chi connectivity index (χ0) is 18.8. The van der Waals surface area contributed by atoms with Crippen molar-refractivity contribution in [2.45, 2.75) is 12.8 Å². The molecule has 0 radical (unpaired) electrons. The molecule has 0 unspecified atom stereocenters. The number of carbonyl (C=O) groups excluding carboxylic acids is 3. The fourth-order valence-corrected chi connectivity index (χ4v) is 3.71. The van der Waals surface area contributed by atoms with E-state index < -0.39 is 29.7 Å². The van der Waals surface area contributed by atoms with Crippen molar-refractivity contribution in [3.8, 4) is 5.75 Å². The van der Waals surface area contributed by atoms with E-state index in [9.17, 15) is 14.4 Å². The Morgan fingerprint density at radius 2 is 1.85 bits per heavy atom. The summed E-state index contributed by atoms with van der Waals surface area (Å²) < 4.78 is 10.9. The van der Waals surface area contributed by atoms with E-state index in [4.69, 9.17) is 9.47 Å². The minimum absolute atomic E-state index is 0.148. The third-order valence-electron chi connectivity index (χ3n) is 4.62. The van der Waals surface area contributed by atoms with Gasteiger partial charge >= 0.3 is 11.9 Å². The van der Waals surface area contributed by atoms with E-state index in [-0.39, 0.29) is 5.78 Å². The Morgan fingerprint density at radius 3 is 2.50 bits per heavy atom. The van der Waals surface area contributed by atoms with Gasteiger partial charge in [-0.05, 0) is 18.2 Å². The molecule has 5 nitrogen and oxygen atoms in total. The van der Waals surface area contributed by atoms with Gasteiger partial charge in [-0.15, -0.1) is 0 Å². The third-order valence-corrected chi connectivity index (χ3v) is 5.11. The number of ketones is 1. The van der Waals surface area contributed by atoms with E-state index in [1.54, 1.807) is 49.4 Å². The van der Waals surface area contributed by atoms with Crippen molar-refractivity contribution in [3.63, 3.8) is 0 Å². The molecular formula is C20H17BrO5. The highest BCUT2D eigenvalue weighted by molar-refractivity contribution is 9.10. The molecule has 0 bridgehead atoms. The van der Waals surface area contributed by atoms with Gasteiger partial charge in [0.1, 0.15) is 5.75 Å². The summed E-state index contributed by atoms with van der Waals surface area (Å²) in [6.07, 6.45) is 0. The van der Waals surface area contributed by atoms with Gasteiger partial charge < -0.3 is 9.47 Å². The van der Waals surface area contributed by atoms with Crippen LogP contribution < -0.4 is 4.74 Å². The first kappa shape index (κ1) is 18.3. The van der Waals surface area contributed by atoms with Gasteiger partial charge in [-0.2, -0.15) is 0 Å². The lowest BCUT2D eigenvalue weighted by atomic mass is 9.73. The summed E-state index contributed by atoms with van der Waals surface area (Å²) in [5.74, 6) is -3.69. The molecule has 1 heterocycles. The maximum absolute atomic E-state index is 13.0. The van der Waals surface area contributed by atoms with E-state index >= 15 is 0 Å². The summed E-state index contributed by atoms with van der Waals surface area (Å²) in [5.41, 5.74) is 1.16. The molecule has 0 aliphatic carbocycles. The van der Waals surface area contributed by atoms with E-state index in [2.05, 4.69) is 15.9 Å². The van der Waals surface area contributed by atoms with Crippen LogP contribution in [0.4, 0.5) is 0 Å². The van der Waals surface area contributed by atoms with Crippen LogP contribution in [-0.4, -0.2) is 24.8 Å². The molecule has 134 valence electrons. The molecule has 3 atom stereocenters. The van der Waals surface area contributed by atoms with Crippen molar-refractivity contribution in [1.82, 2.24) is 0 Å². The second kappa shape index (κ2) is 7.41. The first-order valence-electron chi connectivity index (χ1n) is 8.12. The number of Topliss-reactive ketones (excluding diaryl/α,β-unsaturated/α-hetero) is 1. The van der Waals surface area contributed by atoms with Crippen molar-refractivity contribution in [2.24, 2.45) is 11.8 Å². The molecule has 3 rings (SSSR count). The van der Waals surface area contributed by atoms with Crippen LogP contribution in [-0.2, 0) is 14.3 Å². The average molecular weight is 417 g/mol. The molecule has 1 aliphatic rings. The number of methoxy groups -OCH3 is 1. The summed E-state index contributed by atoms with van der Waals surface area (Å²) in [5, 5.41) is 0. The minimum Gasteiger partial charge on any atom is -0.468 e. The van der Waals surface area contributed by atoms with Gasteiger partial charge in [0.15, 0.2) is 11.7 Å². The maximum atomic E-state index is 13.0. The zero-order valence-corrected chi connectivity index (χ0v) is 15.9. The number of benzene rings is 2. The normalized spacial score (nSPS) is 19.9. The number of carbonyl (C=O) groups is 3. The Bertz CT molecular complexity index is 862. The first-order valence-corrected chi connectivity index (χ1v) is 8.91. The van der Waals surface area contributed by atoms with Gasteiger partial charge in [0.2, 0.25) is 0 Å². The summed E-state index contributed by atoms with van der Waals surface area (Å²) in [4.78, 5) is 37.8. The lowest BCUT2D eigenvalue weighted by Crippen LogP contribution is -2.42. The fourth-order valence-electron chi connectivity index (χ4n) is 3.33. The summed E-state index contributed by atoms with van der Waals surface area (Å²) in [6, 6.07) is 14.0. The summed E-state index contributed by atoms with van der Waals surface area (Å²) in [6.45, 7) is 1.72. The van der Waals surface area contributed by atoms with E-state index in [1.165, 1.54) is 7.11 Å². The molecule has 0 amide bonds. The van der Waals surface area contributed by atoms with Crippen LogP contribution in [0.2, 0.25) is 0 Å². The Labute approximate surface area is 159 Å². The molecule has 2 aromatic carbocycles. The SMILES string of the molecule is COC(=O)[C@@H]1C(=O)Oc2ccc(Br)cc2[C@H]1[C@H](C)C(=O)c1ccccc1. The highest BCUT2D eigenvalue weighted by Gasteiger charge is 2.47. The largest absolute Gasteiger partial charge is 0.468 e. The second-order valence-corrected chi connectivity index (χ2v) is 7.06. The molecular weight excluding hydrogens is 400 g/mol. The Hall–Kier alpha value is -2.47. The Morgan fingerprint density at radius 1 is 1.15 bits per heavy atom. The summed E-state index contributed by atoms with van der Waals surface area (Å²) in [7, 11) is 1.22. The van der Waals surface area contributed by atoms with Gasteiger partial charge in [0.05, 0.1) is 7.11 Å². The van der Waals surface area contributed by atoms with E-state index in [0.717, 1.165) is 4.47 Å². The van der Waals surface area contributed by atoms with Crippen molar-refractivity contribution in [1.29, 1.82) is 0 Å². The van der Waals surface area contributed by atoms with Gasteiger partial charge in [-0.1, -0.05) is 53.2 Å². The molecule has 0 N–H and O–H groups in total. The second-order valence-electron chi connectivity index (χ2n) is 6.15. The van der Waals surface area contributed by atoms with Gasteiger partial charge in [-0.25, -0.2) is 0 Å². The van der Waals surface area contributed by atoms with E-state index in [1.807, 2.05) is 6.07 Å². The van der Waals surface area contributed by atoms with Gasteiger partial charge in [0.25, 0.3) is 0 Å². The fraction of sp³-hybridized carbons (Fsp3) is 0.250. The van der Waals surface area contributed by atoms with Crippen LogP contribution in [0.1, 0.15) is 28.8 Å². The van der Waals surface area contributed by atoms with Crippen LogP contribution in [0.25, 0.3) is 0 Å². The number of esters is 2. The topological polar surface area (TPSA) is 69.7 Å². The molecule has 0 saturated heterocycles. The average Bonchev–Trinajstić information content (AvgIpc) is 2.66. The highest BCUT2D eigenvalue weighted by Crippen LogP contribution is 2.44. The number of hydrogen-bond donors (Lipinski definition) is 0. The quantitative estimate of drug-likeness (QED) is 0.328. The first-order chi connectivity index (χ1) is 12.4. The number of hydrogen-bond acceptors (Lipinski definition) is 5. The number of halogens is 1. The monoisotopic (exact) mass is 416 g/mol. The maximum Gasteiger partial charge on any atom is 0.326 e. The Kier molecular flexibility index (Phi) is 5.23. The molecule has 0 saturated carbocycles. The van der Waals surface area contributed by atoms with Gasteiger partial charge in [-0.3, -0.25) is 14.4 Å². The molecule has 0 aromatic heterocycles. The highest BCUT2D eigenvalue weighted by atomic mass is 79.9. The molecule has 26 heavy (non-hydrogen) atoms. The lowest BCUT2D eigenvalue weighted by Gasteiger charge is -2.33. The summed E-state index contributed by atoms with van der Waals surface area (Å²) >= 11 is 3.40. The Balaban J connectivity index is 2.10. The smallest absolute Gasteiger partial charge is 0.326 e. The number of fused-ring (bicyclic) bond motifs is 1. The molecule has 0 fully saturated rings. The molecule has 2 aromatic rings. The standard InChI is InChI=1S/C20H17BrO5/c1-11(18(22)12-6-4-3-5-7-12)16-14-10-13(21)8-9-15(14)26-20(24)17(16)19(23)25-2/h3-11,16-17H,1-2H3/t11-,16+,17+/m0/s1. The number of rotatable bonds is 4. The van der Waals surface area contributed by atoms with Crippen LogP contribution in [0.15, 0.2) is 53.0 Å². The van der Waals surface area contributed by atoms with Crippen molar-refractivity contribution >= 4 is 33.7 Å². The molecule has 1 aliphatic heterocycles. The lowest BCUT2D eigenvalue weighted by molar-refractivity contribution is -0.158. The van der Waals surface area contributed by atoms with Crippen LogP contribution in [0.3, 0.4) is 0 Å². The van der Waals surface area contributed by atoms with Crippen molar-refractivity contribution in [2.75, 3.05) is 7.11 Å². The molecule has 0 spiro atoms. The predicted molar refractivity (Wildman–Crippen MR) is 98.0 cm³/mol. The predicted octanol–water partition coefficient (Wildman–Crippen LogP) is 3.76. The molecule has 6 heteroatoms. The van der Waals surface area contributed by atoms with Crippen LogP contribution in [0.5, 0.6) is 5.75 Å². The van der Waals surface area contributed by atoms with Crippen LogP contribution in [0, 0.1) is 11.8 Å². The third kappa shape index (κ3) is 3.29. The van der Waals surface area contributed by atoms with Crippen molar-refractivity contribution < 1.29 is 23.9 Å². The zero-order valence-electron chi connectivity index (χ0n) is 14.3.